The average molecular weight is 515 g/mol. The molecule has 0 fully saturated rings. The van der Waals surface area contributed by atoms with Gasteiger partial charge in [-0.05, 0) is 41.8 Å². The zero-order valence-corrected chi connectivity index (χ0v) is 20.5. The van der Waals surface area contributed by atoms with Crippen molar-refractivity contribution in [3.05, 3.63) is 95.7 Å². The molecule has 0 radical (unpaired) electrons. The molecule has 182 valence electrons. The van der Waals surface area contributed by atoms with Crippen LogP contribution in [-0.4, -0.2) is 41.0 Å². The Morgan fingerprint density at radius 3 is 2.68 bits per heavy atom. The van der Waals surface area contributed by atoms with E-state index in [1.54, 1.807) is 48.3 Å². The Bertz CT molecular complexity index is 1930. The number of hydrogen-bond donors (Lipinski definition) is 3. The van der Waals surface area contributed by atoms with Crippen molar-refractivity contribution in [2.24, 2.45) is 0 Å². The highest BCUT2D eigenvalue weighted by Crippen LogP contribution is 2.32. The number of H-pyrrole nitrogens is 2. The predicted molar refractivity (Wildman–Crippen MR) is 148 cm³/mol. The molecule has 38 heavy (non-hydrogen) atoms. The monoisotopic (exact) mass is 514 g/mol. The van der Waals surface area contributed by atoms with Crippen molar-refractivity contribution >= 4 is 44.9 Å². The van der Waals surface area contributed by atoms with Gasteiger partial charge in [0.05, 0.1) is 40.5 Å². The molecular weight excluding hydrogens is 496 g/mol. The topological polar surface area (TPSA) is 125 Å². The van der Waals surface area contributed by atoms with E-state index < -0.39 is 0 Å². The van der Waals surface area contributed by atoms with Gasteiger partial charge >= 0.3 is 0 Å². The number of imidazole rings is 1. The van der Waals surface area contributed by atoms with Gasteiger partial charge in [0, 0.05) is 39.9 Å². The molecule has 7 aromatic rings. The zero-order chi connectivity index (χ0) is 25.5. The minimum Gasteiger partial charge on any atom is -0.336 e. The Morgan fingerprint density at radius 1 is 0.895 bits per heavy atom. The summed E-state index contributed by atoms with van der Waals surface area (Å²) < 4.78 is 0. The summed E-state index contributed by atoms with van der Waals surface area (Å²) in [5.74, 6) is 0.432. The van der Waals surface area contributed by atoms with Crippen LogP contribution in [0.4, 0.5) is 5.69 Å². The third-order valence-corrected chi connectivity index (χ3v) is 6.88. The fourth-order valence-electron chi connectivity index (χ4n) is 4.35. The molecule has 0 saturated heterocycles. The Kier molecular flexibility index (Phi) is 5.22. The van der Waals surface area contributed by atoms with Crippen molar-refractivity contribution in [2.45, 2.75) is 0 Å². The van der Waals surface area contributed by atoms with Crippen LogP contribution in [0.5, 0.6) is 0 Å². The number of fused-ring (bicyclic) bond motifs is 2. The number of aromatic nitrogens is 7. The summed E-state index contributed by atoms with van der Waals surface area (Å²) >= 11 is 1.62. The fraction of sp³-hybridized carbons (Fsp3) is 0. The largest absolute Gasteiger partial charge is 0.336 e. The molecule has 0 unspecified atom stereocenters. The minimum absolute atomic E-state index is 0.203. The number of hydrogen-bond acceptors (Lipinski definition) is 7. The van der Waals surface area contributed by atoms with Crippen LogP contribution in [0.1, 0.15) is 10.4 Å². The van der Waals surface area contributed by atoms with E-state index in [1.165, 1.54) is 0 Å². The molecule has 0 aliphatic carbocycles. The average Bonchev–Trinajstić information content (AvgIpc) is 3.73. The van der Waals surface area contributed by atoms with E-state index in [2.05, 4.69) is 40.8 Å². The van der Waals surface area contributed by atoms with Crippen LogP contribution in [0.25, 0.3) is 56.0 Å². The van der Waals surface area contributed by atoms with Gasteiger partial charge in [0.2, 0.25) is 0 Å². The first-order valence-corrected chi connectivity index (χ1v) is 12.7. The lowest BCUT2D eigenvalue weighted by Crippen LogP contribution is -2.11. The normalized spacial score (nSPS) is 11.3. The maximum absolute atomic E-state index is 12.6. The molecule has 6 aromatic heterocycles. The zero-order valence-electron chi connectivity index (χ0n) is 19.7. The van der Waals surface area contributed by atoms with Gasteiger partial charge in [0.15, 0.2) is 5.82 Å². The Balaban J connectivity index is 1.25. The lowest BCUT2D eigenvalue weighted by atomic mass is 10.1. The van der Waals surface area contributed by atoms with Crippen LogP contribution < -0.4 is 5.32 Å². The molecule has 0 aliphatic heterocycles. The summed E-state index contributed by atoms with van der Waals surface area (Å²) in [6.07, 6.45) is 6.83. The number of nitrogens with zero attached hydrogens (tertiary/aromatic N) is 5. The molecule has 10 heteroatoms. The molecule has 0 atom stereocenters. The molecule has 7 rings (SSSR count). The summed E-state index contributed by atoms with van der Waals surface area (Å²) in [7, 11) is 0. The summed E-state index contributed by atoms with van der Waals surface area (Å²) in [5, 5.41) is 15.4. The molecule has 6 heterocycles. The molecule has 0 bridgehead atoms. The van der Waals surface area contributed by atoms with Crippen LogP contribution >= 0.6 is 11.3 Å². The number of carbonyl (C=O) groups is 1. The number of rotatable bonds is 5. The van der Waals surface area contributed by atoms with Crippen LogP contribution in [0.15, 0.2) is 90.1 Å². The van der Waals surface area contributed by atoms with E-state index in [9.17, 15) is 4.79 Å². The van der Waals surface area contributed by atoms with Crippen LogP contribution in [0.2, 0.25) is 0 Å². The third-order valence-electron chi connectivity index (χ3n) is 6.19. The number of anilines is 1. The molecule has 1 amide bonds. The predicted octanol–water partition coefficient (Wildman–Crippen LogP) is 5.94. The third kappa shape index (κ3) is 3.89. The van der Waals surface area contributed by atoms with Gasteiger partial charge in [0.1, 0.15) is 11.2 Å². The second-order valence-corrected chi connectivity index (χ2v) is 9.40. The van der Waals surface area contributed by atoms with E-state index >= 15 is 0 Å². The van der Waals surface area contributed by atoms with Gasteiger partial charge in [-0.25, -0.2) is 4.98 Å². The van der Waals surface area contributed by atoms with Crippen molar-refractivity contribution in [3.63, 3.8) is 0 Å². The van der Waals surface area contributed by atoms with Crippen molar-refractivity contribution in [3.8, 4) is 34.0 Å². The van der Waals surface area contributed by atoms with Crippen LogP contribution in [0.3, 0.4) is 0 Å². The van der Waals surface area contributed by atoms with Gasteiger partial charge in [-0.15, -0.1) is 0 Å². The van der Waals surface area contributed by atoms with E-state index in [-0.39, 0.29) is 5.91 Å². The summed E-state index contributed by atoms with van der Waals surface area (Å²) in [5.41, 5.74) is 7.60. The Morgan fingerprint density at radius 2 is 1.82 bits per heavy atom. The van der Waals surface area contributed by atoms with Crippen molar-refractivity contribution in [1.29, 1.82) is 0 Å². The number of nitrogens with one attached hydrogen (secondary N) is 3. The van der Waals surface area contributed by atoms with E-state index in [0.717, 1.165) is 38.8 Å². The lowest BCUT2D eigenvalue weighted by Gasteiger charge is -2.07. The molecule has 3 N–H and O–H groups in total. The Hall–Kier alpha value is -5.22. The van der Waals surface area contributed by atoms with Crippen molar-refractivity contribution in [1.82, 2.24) is 35.1 Å². The maximum atomic E-state index is 12.6. The van der Waals surface area contributed by atoms with Crippen molar-refractivity contribution < 1.29 is 4.79 Å². The highest BCUT2D eigenvalue weighted by molar-refractivity contribution is 7.08. The molecule has 9 nitrogen and oxygen atoms in total. The summed E-state index contributed by atoms with van der Waals surface area (Å²) in [6, 6.07) is 16.8. The SMILES string of the molecule is O=C(Nc1cncc(-c2cc3c(-c4nc5c(-c6ccsc6)nccc5[nH]4)n[nH]c3cn2)c1)c1ccccc1. The van der Waals surface area contributed by atoms with Gasteiger partial charge < -0.3 is 10.3 Å². The number of pyridine rings is 3. The van der Waals surface area contributed by atoms with E-state index in [1.807, 2.05) is 47.8 Å². The van der Waals surface area contributed by atoms with E-state index in [4.69, 9.17) is 4.98 Å². The molecule has 1 aromatic carbocycles. The smallest absolute Gasteiger partial charge is 0.255 e. The van der Waals surface area contributed by atoms with Crippen molar-refractivity contribution in [2.75, 3.05) is 5.32 Å². The standard InChI is InChI=1S/C28H18N8OS/c37-28(16-4-2-1-3-5-16)32-19-10-18(12-29-13-19)22-11-20-23(14-31-22)35-36-25(20)27-33-21-6-8-30-24(26(21)34-27)17-7-9-38-15-17/h1-15H,(H,32,37)(H,33,34)(H,35,36). The summed E-state index contributed by atoms with van der Waals surface area (Å²) in [6.45, 7) is 0. The quantitative estimate of drug-likeness (QED) is 0.261. The first kappa shape index (κ1) is 22.0. The number of benzene rings is 1. The second-order valence-electron chi connectivity index (χ2n) is 8.62. The maximum Gasteiger partial charge on any atom is 0.255 e. The van der Waals surface area contributed by atoms with Crippen LogP contribution in [-0.2, 0) is 0 Å². The second kappa shape index (κ2) is 9.02. The molecule has 0 saturated carbocycles. The number of carbonyl (C=O) groups excluding carboxylic acids is 1. The molecule has 0 spiro atoms. The Labute approximate surface area is 219 Å². The first-order chi connectivity index (χ1) is 18.7. The minimum atomic E-state index is -0.203. The summed E-state index contributed by atoms with van der Waals surface area (Å²) in [4.78, 5) is 34.3. The highest BCUT2D eigenvalue weighted by Gasteiger charge is 2.17. The van der Waals surface area contributed by atoms with E-state index in [0.29, 0.717) is 28.5 Å². The first-order valence-electron chi connectivity index (χ1n) is 11.8. The van der Waals surface area contributed by atoms with Gasteiger partial charge in [0.25, 0.3) is 5.91 Å². The molecular formula is C28H18N8OS. The van der Waals surface area contributed by atoms with Gasteiger partial charge in [-0.1, -0.05) is 18.2 Å². The van der Waals surface area contributed by atoms with Gasteiger partial charge in [-0.3, -0.25) is 24.8 Å². The number of amides is 1. The van der Waals surface area contributed by atoms with Crippen LogP contribution in [0, 0.1) is 0 Å². The fourth-order valence-corrected chi connectivity index (χ4v) is 4.99. The molecule has 0 aliphatic rings. The number of aromatic amines is 2. The lowest BCUT2D eigenvalue weighted by molar-refractivity contribution is 0.102. The number of thiophene rings is 1. The highest BCUT2D eigenvalue weighted by atomic mass is 32.1. The van der Waals surface area contributed by atoms with Gasteiger partial charge in [-0.2, -0.15) is 16.4 Å².